The minimum absolute atomic E-state index is 0.0592. The molecule has 3 fully saturated rings. The summed E-state index contributed by atoms with van der Waals surface area (Å²) >= 11 is 0. The normalized spacial score (nSPS) is 19.3. The molecule has 12 heteroatoms. The summed E-state index contributed by atoms with van der Waals surface area (Å²) in [7, 11) is 0. The summed E-state index contributed by atoms with van der Waals surface area (Å²) < 4.78 is 44.5. The standard InChI is InChI=1S/C34H44F3N5O4/c1-3-41(4-2)30(43)23-39-17-13-29(14-18-39)38-31(44)27-9-5-26(6-10-27)22-42-24-33(46-32(42)45)15-19-40(20-16-33)21-25-7-11-28(12-8-25)34(35,36)37/h5-12,29H,3-4,13-24H2,1-2H3,(H,38,44). The first-order chi connectivity index (χ1) is 22.0. The average Bonchev–Trinajstić information content (AvgIpc) is 3.33. The second-order valence-corrected chi connectivity index (χ2v) is 12.7. The number of halogens is 3. The molecule has 1 spiro atoms. The molecule has 5 rings (SSSR count). The van der Waals surface area contributed by atoms with E-state index in [2.05, 4.69) is 15.1 Å². The third-order valence-electron chi connectivity index (χ3n) is 9.48. The van der Waals surface area contributed by atoms with E-state index in [4.69, 9.17) is 4.74 Å². The minimum atomic E-state index is -4.35. The summed E-state index contributed by atoms with van der Waals surface area (Å²) in [6.45, 7) is 10.1. The highest BCUT2D eigenvalue weighted by Crippen LogP contribution is 2.35. The summed E-state index contributed by atoms with van der Waals surface area (Å²) in [6.07, 6.45) is -1.82. The first-order valence-electron chi connectivity index (χ1n) is 16.2. The van der Waals surface area contributed by atoms with Gasteiger partial charge in [0.1, 0.15) is 5.60 Å². The summed E-state index contributed by atoms with van der Waals surface area (Å²) in [6, 6.07) is 12.6. The van der Waals surface area contributed by atoms with Crippen molar-refractivity contribution in [3.8, 4) is 0 Å². The lowest BCUT2D eigenvalue weighted by Gasteiger charge is -2.37. The summed E-state index contributed by atoms with van der Waals surface area (Å²) in [4.78, 5) is 46.0. The number of piperidine rings is 2. The maximum Gasteiger partial charge on any atom is 0.416 e. The van der Waals surface area contributed by atoms with Gasteiger partial charge in [0.2, 0.25) is 5.91 Å². The van der Waals surface area contributed by atoms with Crippen LogP contribution in [0.3, 0.4) is 0 Å². The monoisotopic (exact) mass is 643 g/mol. The Labute approximate surface area is 268 Å². The minimum Gasteiger partial charge on any atom is -0.441 e. The first kappa shape index (κ1) is 33.7. The maximum absolute atomic E-state index is 12.9. The van der Waals surface area contributed by atoms with Crippen LogP contribution in [0, 0.1) is 0 Å². The van der Waals surface area contributed by atoms with Gasteiger partial charge in [0.05, 0.1) is 18.7 Å². The fraction of sp³-hybridized carbons (Fsp3) is 0.559. The van der Waals surface area contributed by atoms with E-state index in [0.717, 1.165) is 49.2 Å². The molecule has 9 nitrogen and oxygen atoms in total. The first-order valence-corrected chi connectivity index (χ1v) is 16.2. The van der Waals surface area contributed by atoms with Crippen molar-refractivity contribution in [3.63, 3.8) is 0 Å². The van der Waals surface area contributed by atoms with Crippen LogP contribution in [0.5, 0.6) is 0 Å². The zero-order chi connectivity index (χ0) is 32.9. The van der Waals surface area contributed by atoms with Crippen LogP contribution in [0.4, 0.5) is 18.0 Å². The van der Waals surface area contributed by atoms with E-state index in [9.17, 15) is 27.6 Å². The number of hydrogen-bond acceptors (Lipinski definition) is 6. The van der Waals surface area contributed by atoms with Crippen molar-refractivity contribution >= 4 is 17.9 Å². The number of rotatable bonds is 10. The van der Waals surface area contributed by atoms with Gasteiger partial charge < -0.3 is 15.0 Å². The summed E-state index contributed by atoms with van der Waals surface area (Å²) in [5.41, 5.74) is 1.05. The van der Waals surface area contributed by atoms with Gasteiger partial charge in [-0.3, -0.25) is 24.3 Å². The zero-order valence-corrected chi connectivity index (χ0v) is 26.7. The molecule has 3 aliphatic heterocycles. The lowest BCUT2D eigenvalue weighted by atomic mass is 9.91. The Kier molecular flexibility index (Phi) is 10.6. The fourth-order valence-corrected chi connectivity index (χ4v) is 6.60. The van der Waals surface area contributed by atoms with E-state index < -0.39 is 17.3 Å². The number of hydrogen-bond donors (Lipinski definition) is 1. The molecule has 2 aromatic rings. The van der Waals surface area contributed by atoms with Gasteiger partial charge in [-0.05, 0) is 62.1 Å². The van der Waals surface area contributed by atoms with Crippen molar-refractivity contribution < 1.29 is 32.3 Å². The number of nitrogens with zero attached hydrogens (tertiary/aromatic N) is 4. The van der Waals surface area contributed by atoms with E-state index in [1.807, 2.05) is 30.9 Å². The Hall–Kier alpha value is -3.64. The number of benzene rings is 2. The second-order valence-electron chi connectivity index (χ2n) is 12.7. The molecule has 0 aliphatic carbocycles. The van der Waals surface area contributed by atoms with Crippen LogP contribution in [0.25, 0.3) is 0 Å². The van der Waals surface area contributed by atoms with Gasteiger partial charge in [0, 0.05) is 76.8 Å². The largest absolute Gasteiger partial charge is 0.441 e. The summed E-state index contributed by atoms with van der Waals surface area (Å²) in [5.74, 6) is 0.0111. The molecule has 3 aliphatic rings. The van der Waals surface area contributed by atoms with Gasteiger partial charge in [0.25, 0.3) is 5.91 Å². The van der Waals surface area contributed by atoms with Gasteiger partial charge in [-0.15, -0.1) is 0 Å². The van der Waals surface area contributed by atoms with Crippen LogP contribution >= 0.6 is 0 Å². The topological polar surface area (TPSA) is 85.4 Å². The molecule has 0 radical (unpaired) electrons. The van der Waals surface area contributed by atoms with Crippen LogP contribution in [0.15, 0.2) is 48.5 Å². The second kappa shape index (κ2) is 14.4. The maximum atomic E-state index is 12.9. The Morgan fingerprint density at radius 2 is 1.48 bits per heavy atom. The van der Waals surface area contributed by atoms with Crippen LogP contribution in [0.2, 0.25) is 0 Å². The van der Waals surface area contributed by atoms with Crippen LogP contribution in [0.1, 0.15) is 66.6 Å². The van der Waals surface area contributed by atoms with Crippen molar-refractivity contribution in [2.45, 2.75) is 70.4 Å². The highest BCUT2D eigenvalue weighted by atomic mass is 19.4. The Morgan fingerprint density at radius 3 is 2.07 bits per heavy atom. The van der Waals surface area contributed by atoms with Crippen molar-refractivity contribution in [3.05, 3.63) is 70.8 Å². The molecular formula is C34H44F3N5O4. The number of amides is 3. The number of carbonyl (C=O) groups is 3. The van der Waals surface area contributed by atoms with E-state index in [0.29, 0.717) is 70.8 Å². The van der Waals surface area contributed by atoms with E-state index in [1.165, 1.54) is 12.1 Å². The lowest BCUT2D eigenvalue weighted by Crippen LogP contribution is -2.48. The molecule has 0 atom stereocenters. The van der Waals surface area contributed by atoms with Crippen molar-refractivity contribution in [2.75, 3.05) is 52.4 Å². The smallest absolute Gasteiger partial charge is 0.416 e. The van der Waals surface area contributed by atoms with E-state index in [-0.39, 0.29) is 23.9 Å². The van der Waals surface area contributed by atoms with Crippen molar-refractivity contribution in [2.24, 2.45) is 0 Å². The molecular weight excluding hydrogens is 599 g/mol. The van der Waals surface area contributed by atoms with Gasteiger partial charge in [-0.2, -0.15) is 13.2 Å². The SMILES string of the molecule is CCN(CC)C(=O)CN1CCC(NC(=O)c2ccc(CN3CC4(CCN(Cc5ccc(C(F)(F)F)cc5)CC4)OC3=O)cc2)CC1. The molecule has 46 heavy (non-hydrogen) atoms. The summed E-state index contributed by atoms with van der Waals surface area (Å²) in [5, 5.41) is 3.13. The molecule has 0 saturated carbocycles. The molecule has 250 valence electrons. The number of alkyl halides is 3. The fourth-order valence-electron chi connectivity index (χ4n) is 6.60. The number of carbonyl (C=O) groups excluding carboxylic acids is 3. The van der Waals surface area contributed by atoms with Gasteiger partial charge in [0.15, 0.2) is 0 Å². The van der Waals surface area contributed by atoms with Gasteiger partial charge in [-0.25, -0.2) is 4.79 Å². The molecule has 3 saturated heterocycles. The highest BCUT2D eigenvalue weighted by molar-refractivity contribution is 5.94. The molecule has 0 bridgehead atoms. The molecule has 3 amide bonds. The van der Waals surface area contributed by atoms with Gasteiger partial charge >= 0.3 is 12.3 Å². The number of ether oxygens (including phenoxy) is 1. The van der Waals surface area contributed by atoms with E-state index in [1.54, 1.807) is 17.0 Å². The highest BCUT2D eigenvalue weighted by Gasteiger charge is 2.46. The van der Waals surface area contributed by atoms with Crippen LogP contribution in [-0.2, 0) is 28.8 Å². The van der Waals surface area contributed by atoms with Crippen LogP contribution in [-0.4, -0.2) is 102 Å². The zero-order valence-electron chi connectivity index (χ0n) is 26.7. The predicted molar refractivity (Wildman–Crippen MR) is 167 cm³/mol. The molecule has 0 unspecified atom stereocenters. The third kappa shape index (κ3) is 8.38. The van der Waals surface area contributed by atoms with Crippen molar-refractivity contribution in [1.82, 2.24) is 24.9 Å². The lowest BCUT2D eigenvalue weighted by molar-refractivity contribution is -0.137. The number of nitrogens with one attached hydrogen (secondary N) is 1. The quantitative estimate of drug-likeness (QED) is 0.402. The van der Waals surface area contributed by atoms with Crippen molar-refractivity contribution in [1.29, 1.82) is 0 Å². The molecule has 2 aromatic carbocycles. The molecule has 1 N–H and O–H groups in total. The number of likely N-dealkylation sites (N-methyl/N-ethyl adjacent to an activating group) is 1. The van der Waals surface area contributed by atoms with Crippen LogP contribution < -0.4 is 5.32 Å². The third-order valence-corrected chi connectivity index (χ3v) is 9.48. The Bertz CT molecular complexity index is 1350. The number of likely N-dealkylation sites (tertiary alicyclic amines) is 2. The van der Waals surface area contributed by atoms with E-state index >= 15 is 0 Å². The Balaban J connectivity index is 1.05. The predicted octanol–water partition coefficient (Wildman–Crippen LogP) is 4.76. The molecule has 3 heterocycles. The Morgan fingerprint density at radius 1 is 0.891 bits per heavy atom. The molecule has 0 aromatic heterocycles. The van der Waals surface area contributed by atoms with Gasteiger partial charge in [-0.1, -0.05) is 24.3 Å². The average molecular weight is 644 g/mol.